The van der Waals surface area contributed by atoms with Crippen molar-refractivity contribution in [2.45, 2.75) is 45.1 Å². The van der Waals surface area contributed by atoms with Crippen molar-refractivity contribution in [1.29, 1.82) is 0 Å². The topological polar surface area (TPSA) is 32.8 Å². The van der Waals surface area contributed by atoms with Crippen LogP contribution in [-0.2, 0) is 9.53 Å². The monoisotopic (exact) mass is 320 g/mol. The van der Waals surface area contributed by atoms with Gasteiger partial charge in [0.25, 0.3) is 0 Å². The summed E-state index contributed by atoms with van der Waals surface area (Å²) >= 11 is 0. The average molecular weight is 320 g/mol. The smallest absolute Gasteiger partial charge is 0.225 e. The zero-order valence-electron chi connectivity index (χ0n) is 14.6. The second-order valence-electron chi connectivity index (χ2n) is 7.75. The lowest BCUT2D eigenvalue weighted by atomic mass is 9.81. The van der Waals surface area contributed by atoms with E-state index in [9.17, 15) is 4.79 Å². The number of rotatable bonds is 3. The van der Waals surface area contributed by atoms with Gasteiger partial charge in [-0.1, -0.05) is 13.0 Å². The van der Waals surface area contributed by atoms with Crippen LogP contribution in [0.1, 0.15) is 39.0 Å². The van der Waals surface area contributed by atoms with Gasteiger partial charge in [-0.2, -0.15) is 0 Å². The van der Waals surface area contributed by atoms with Crippen LogP contribution in [-0.4, -0.2) is 61.1 Å². The quantitative estimate of drug-likeness (QED) is 0.749. The number of nitrogens with zero attached hydrogens (tertiary/aromatic N) is 2. The highest BCUT2D eigenvalue weighted by Gasteiger charge is 2.37. The summed E-state index contributed by atoms with van der Waals surface area (Å²) in [5.41, 5.74) is 0. The number of piperidine rings is 1. The molecule has 2 heterocycles. The molecule has 23 heavy (non-hydrogen) atoms. The summed E-state index contributed by atoms with van der Waals surface area (Å²) in [6, 6.07) is 0. The third-order valence-corrected chi connectivity index (χ3v) is 5.99. The standard InChI is InChI=1S/C19H32N2O2/c1-3-9-20-11-12-23-18-14-21(10-8-17(18)13-20)19(22)16-6-4-15(2)5-7-16/h3,15-18H,1,4-14H2,2H3. The first-order chi connectivity index (χ1) is 11.2. The summed E-state index contributed by atoms with van der Waals surface area (Å²) in [5, 5.41) is 0. The maximum Gasteiger partial charge on any atom is 0.225 e. The fourth-order valence-electron chi connectivity index (χ4n) is 4.43. The van der Waals surface area contributed by atoms with Crippen molar-refractivity contribution in [2.75, 3.05) is 39.3 Å². The predicted octanol–water partition coefficient (Wildman–Crippen LogP) is 2.55. The molecule has 2 atom stereocenters. The van der Waals surface area contributed by atoms with E-state index in [1.807, 2.05) is 6.08 Å². The number of likely N-dealkylation sites (tertiary alicyclic amines) is 1. The minimum absolute atomic E-state index is 0.227. The highest BCUT2D eigenvalue weighted by molar-refractivity contribution is 5.79. The molecule has 130 valence electrons. The average Bonchev–Trinajstić information content (AvgIpc) is 2.76. The van der Waals surface area contributed by atoms with Gasteiger partial charge in [-0.05, 0) is 38.0 Å². The highest BCUT2D eigenvalue weighted by atomic mass is 16.5. The highest BCUT2D eigenvalue weighted by Crippen LogP contribution is 2.31. The molecule has 0 aromatic heterocycles. The lowest BCUT2D eigenvalue weighted by molar-refractivity contribution is -0.142. The van der Waals surface area contributed by atoms with E-state index in [-0.39, 0.29) is 12.0 Å². The molecule has 3 aliphatic rings. The Labute approximate surface area is 140 Å². The number of hydrogen-bond acceptors (Lipinski definition) is 3. The number of carbonyl (C=O) groups excluding carboxylic acids is 1. The van der Waals surface area contributed by atoms with Gasteiger partial charge in [0.1, 0.15) is 0 Å². The molecule has 0 radical (unpaired) electrons. The van der Waals surface area contributed by atoms with E-state index in [1.165, 1.54) is 12.8 Å². The second-order valence-corrected chi connectivity index (χ2v) is 7.75. The Morgan fingerprint density at radius 1 is 1.17 bits per heavy atom. The van der Waals surface area contributed by atoms with Crippen LogP contribution in [0.2, 0.25) is 0 Å². The molecule has 0 N–H and O–H groups in total. The Hall–Kier alpha value is -0.870. The van der Waals surface area contributed by atoms with Gasteiger partial charge in [-0.3, -0.25) is 9.69 Å². The fraction of sp³-hybridized carbons (Fsp3) is 0.842. The molecule has 2 aliphatic heterocycles. The van der Waals surface area contributed by atoms with Crippen LogP contribution in [0.15, 0.2) is 12.7 Å². The Morgan fingerprint density at radius 2 is 1.96 bits per heavy atom. The molecule has 0 aromatic rings. The Kier molecular flexibility index (Phi) is 5.76. The number of ether oxygens (including phenoxy) is 1. The van der Waals surface area contributed by atoms with E-state index in [0.29, 0.717) is 11.8 Å². The van der Waals surface area contributed by atoms with Crippen molar-refractivity contribution < 1.29 is 9.53 Å². The van der Waals surface area contributed by atoms with Crippen molar-refractivity contribution in [3.05, 3.63) is 12.7 Å². The van der Waals surface area contributed by atoms with Crippen molar-refractivity contribution >= 4 is 5.91 Å². The molecule has 4 nitrogen and oxygen atoms in total. The molecule has 0 spiro atoms. The van der Waals surface area contributed by atoms with E-state index in [0.717, 1.165) is 64.5 Å². The van der Waals surface area contributed by atoms with Gasteiger partial charge in [0.2, 0.25) is 5.91 Å². The molecule has 2 unspecified atom stereocenters. The van der Waals surface area contributed by atoms with E-state index in [1.54, 1.807) is 0 Å². The largest absolute Gasteiger partial charge is 0.375 e. The molecule has 2 saturated heterocycles. The van der Waals surface area contributed by atoms with Crippen LogP contribution in [0.5, 0.6) is 0 Å². The predicted molar refractivity (Wildman–Crippen MR) is 92.2 cm³/mol. The van der Waals surface area contributed by atoms with Gasteiger partial charge < -0.3 is 9.64 Å². The molecule has 1 amide bonds. The van der Waals surface area contributed by atoms with Crippen molar-refractivity contribution in [2.24, 2.45) is 17.8 Å². The molecule has 3 rings (SSSR count). The number of hydrogen-bond donors (Lipinski definition) is 0. The minimum atomic E-state index is 0.227. The van der Waals surface area contributed by atoms with Gasteiger partial charge in [0, 0.05) is 44.6 Å². The first-order valence-corrected chi connectivity index (χ1v) is 9.41. The molecular formula is C19H32N2O2. The lowest BCUT2D eigenvalue weighted by Crippen LogP contribution is -2.50. The Balaban J connectivity index is 1.55. The SMILES string of the molecule is C=CCN1CCOC2CN(C(=O)C3CCC(C)CC3)CCC2C1. The van der Waals surface area contributed by atoms with Crippen LogP contribution < -0.4 is 0 Å². The van der Waals surface area contributed by atoms with Crippen LogP contribution in [0.25, 0.3) is 0 Å². The summed E-state index contributed by atoms with van der Waals surface area (Å²) in [6.07, 6.45) is 7.87. The van der Waals surface area contributed by atoms with E-state index in [2.05, 4.69) is 23.3 Å². The summed E-state index contributed by atoms with van der Waals surface area (Å²) in [6.45, 7) is 11.6. The van der Waals surface area contributed by atoms with Gasteiger partial charge in [0.15, 0.2) is 0 Å². The Morgan fingerprint density at radius 3 is 2.70 bits per heavy atom. The lowest BCUT2D eigenvalue weighted by Gasteiger charge is -2.40. The maximum absolute atomic E-state index is 12.8. The Bertz CT molecular complexity index is 418. The summed E-state index contributed by atoms with van der Waals surface area (Å²) in [4.78, 5) is 17.4. The summed E-state index contributed by atoms with van der Waals surface area (Å²) < 4.78 is 6.10. The van der Waals surface area contributed by atoms with Crippen molar-refractivity contribution in [1.82, 2.24) is 9.80 Å². The van der Waals surface area contributed by atoms with Crippen LogP contribution >= 0.6 is 0 Å². The zero-order chi connectivity index (χ0) is 16.2. The molecule has 1 aliphatic carbocycles. The van der Waals surface area contributed by atoms with Crippen molar-refractivity contribution in [3.63, 3.8) is 0 Å². The first kappa shape index (κ1) is 17.0. The van der Waals surface area contributed by atoms with E-state index < -0.39 is 0 Å². The molecule has 3 fully saturated rings. The fourth-order valence-corrected chi connectivity index (χ4v) is 4.43. The van der Waals surface area contributed by atoms with Gasteiger partial charge in [0.05, 0.1) is 12.7 Å². The molecule has 0 aromatic carbocycles. The molecular weight excluding hydrogens is 288 g/mol. The van der Waals surface area contributed by atoms with E-state index >= 15 is 0 Å². The summed E-state index contributed by atoms with van der Waals surface area (Å²) in [7, 11) is 0. The molecule has 0 bridgehead atoms. The third kappa shape index (κ3) is 4.16. The van der Waals surface area contributed by atoms with Gasteiger partial charge in [-0.25, -0.2) is 0 Å². The normalized spacial score (nSPS) is 36.1. The van der Waals surface area contributed by atoms with Crippen molar-refractivity contribution in [3.8, 4) is 0 Å². The maximum atomic E-state index is 12.8. The number of fused-ring (bicyclic) bond motifs is 1. The van der Waals surface area contributed by atoms with Crippen LogP contribution in [0.3, 0.4) is 0 Å². The molecule has 1 saturated carbocycles. The van der Waals surface area contributed by atoms with Gasteiger partial charge in [-0.15, -0.1) is 6.58 Å². The van der Waals surface area contributed by atoms with Crippen LogP contribution in [0.4, 0.5) is 0 Å². The number of carbonyl (C=O) groups is 1. The minimum Gasteiger partial charge on any atom is -0.375 e. The zero-order valence-corrected chi connectivity index (χ0v) is 14.6. The number of amides is 1. The van der Waals surface area contributed by atoms with E-state index in [4.69, 9.17) is 4.74 Å². The van der Waals surface area contributed by atoms with Gasteiger partial charge >= 0.3 is 0 Å². The summed E-state index contributed by atoms with van der Waals surface area (Å²) in [5.74, 6) is 2.02. The first-order valence-electron chi connectivity index (χ1n) is 9.41. The third-order valence-electron chi connectivity index (χ3n) is 5.99. The molecule has 4 heteroatoms. The van der Waals surface area contributed by atoms with Crippen LogP contribution in [0, 0.1) is 17.8 Å². The second kappa shape index (κ2) is 7.80.